The average molecular weight is 373 g/mol. The van der Waals surface area contributed by atoms with Crippen molar-refractivity contribution in [1.29, 1.82) is 0 Å². The molecule has 4 heterocycles. The molecule has 28 heavy (non-hydrogen) atoms. The third kappa shape index (κ3) is 3.10. The molecule has 2 aromatic heterocycles. The second-order valence-electron chi connectivity index (χ2n) is 7.40. The molecule has 0 bridgehead atoms. The predicted molar refractivity (Wildman–Crippen MR) is 111 cm³/mol. The summed E-state index contributed by atoms with van der Waals surface area (Å²) in [6.07, 6.45) is 5.27. The number of nitrogens with zero attached hydrogens (tertiary/aromatic N) is 5. The first-order valence-corrected chi connectivity index (χ1v) is 9.83. The summed E-state index contributed by atoms with van der Waals surface area (Å²) >= 11 is 0. The van der Waals surface area contributed by atoms with Crippen molar-refractivity contribution in [3.63, 3.8) is 0 Å². The van der Waals surface area contributed by atoms with Crippen LogP contribution in [0.5, 0.6) is 0 Å². The van der Waals surface area contributed by atoms with E-state index in [2.05, 4.69) is 39.0 Å². The van der Waals surface area contributed by atoms with Gasteiger partial charge in [-0.05, 0) is 23.1 Å². The van der Waals surface area contributed by atoms with Crippen molar-refractivity contribution in [3.8, 4) is 0 Å². The first-order chi connectivity index (χ1) is 13.8. The van der Waals surface area contributed by atoms with Gasteiger partial charge in [-0.2, -0.15) is 0 Å². The summed E-state index contributed by atoms with van der Waals surface area (Å²) in [5.41, 5.74) is 2.65. The fraction of sp³-hybridized carbons (Fsp3) is 0.318. The second kappa shape index (κ2) is 7.20. The van der Waals surface area contributed by atoms with Crippen molar-refractivity contribution >= 4 is 16.6 Å². The third-order valence-electron chi connectivity index (χ3n) is 5.77. The molecule has 0 atom stereocenters. The Morgan fingerprint density at radius 1 is 0.964 bits per heavy atom. The SMILES string of the molecule is O=c1c2cnccc2ccn1CCN1CCN(C2=NCc3ccccc32)CC1. The van der Waals surface area contributed by atoms with E-state index in [1.165, 1.54) is 11.1 Å². The van der Waals surface area contributed by atoms with Crippen LogP contribution in [0.4, 0.5) is 0 Å². The Morgan fingerprint density at radius 2 is 1.82 bits per heavy atom. The van der Waals surface area contributed by atoms with E-state index in [4.69, 9.17) is 4.99 Å². The third-order valence-corrected chi connectivity index (χ3v) is 5.77. The van der Waals surface area contributed by atoms with Crippen LogP contribution in [-0.4, -0.2) is 57.9 Å². The molecular formula is C22H23N5O. The highest BCUT2D eigenvalue weighted by Crippen LogP contribution is 2.21. The van der Waals surface area contributed by atoms with E-state index >= 15 is 0 Å². The molecular weight excluding hydrogens is 350 g/mol. The highest BCUT2D eigenvalue weighted by molar-refractivity contribution is 6.02. The molecule has 0 amide bonds. The van der Waals surface area contributed by atoms with Crippen molar-refractivity contribution in [1.82, 2.24) is 19.4 Å². The first kappa shape index (κ1) is 17.1. The monoisotopic (exact) mass is 373 g/mol. The summed E-state index contributed by atoms with van der Waals surface area (Å²) in [6.45, 7) is 6.31. The predicted octanol–water partition coefficient (Wildman–Crippen LogP) is 1.97. The molecule has 5 rings (SSSR count). The number of pyridine rings is 2. The number of rotatable bonds is 3. The minimum atomic E-state index is 0.0427. The Morgan fingerprint density at radius 3 is 2.71 bits per heavy atom. The van der Waals surface area contributed by atoms with Crippen molar-refractivity contribution < 1.29 is 0 Å². The number of hydrogen-bond acceptors (Lipinski definition) is 5. The highest BCUT2D eigenvalue weighted by atomic mass is 16.1. The summed E-state index contributed by atoms with van der Waals surface area (Å²) < 4.78 is 1.80. The number of aliphatic imine (C=N–C) groups is 1. The first-order valence-electron chi connectivity index (χ1n) is 9.83. The van der Waals surface area contributed by atoms with Crippen LogP contribution in [0.2, 0.25) is 0 Å². The van der Waals surface area contributed by atoms with Crippen LogP contribution in [0.25, 0.3) is 10.8 Å². The van der Waals surface area contributed by atoms with E-state index in [0.29, 0.717) is 11.9 Å². The second-order valence-corrected chi connectivity index (χ2v) is 7.40. The Kier molecular flexibility index (Phi) is 4.41. The Balaban J connectivity index is 1.21. The molecule has 2 aliphatic heterocycles. The molecule has 0 spiro atoms. The largest absolute Gasteiger partial charge is 0.354 e. The molecule has 1 fully saturated rings. The molecule has 1 saturated heterocycles. The molecule has 6 nitrogen and oxygen atoms in total. The van der Waals surface area contributed by atoms with Gasteiger partial charge in [0.2, 0.25) is 0 Å². The average Bonchev–Trinajstić information content (AvgIpc) is 3.18. The molecule has 0 saturated carbocycles. The van der Waals surface area contributed by atoms with E-state index in [1.807, 2.05) is 18.3 Å². The Labute approximate surface area is 163 Å². The van der Waals surface area contributed by atoms with Crippen molar-refractivity contribution in [2.75, 3.05) is 32.7 Å². The van der Waals surface area contributed by atoms with Gasteiger partial charge in [0.25, 0.3) is 5.56 Å². The molecule has 6 heteroatoms. The number of aromatic nitrogens is 2. The summed E-state index contributed by atoms with van der Waals surface area (Å²) in [7, 11) is 0. The molecule has 0 unspecified atom stereocenters. The highest BCUT2D eigenvalue weighted by Gasteiger charge is 2.24. The number of benzene rings is 1. The van der Waals surface area contributed by atoms with Crippen LogP contribution in [0, 0.1) is 0 Å². The zero-order valence-corrected chi connectivity index (χ0v) is 15.8. The fourth-order valence-corrected chi connectivity index (χ4v) is 4.12. The number of piperazine rings is 1. The molecule has 1 aromatic carbocycles. The van der Waals surface area contributed by atoms with E-state index in [9.17, 15) is 4.79 Å². The standard InChI is InChI=1S/C22H23N5O/c28-22-20-16-23-7-5-17(20)6-8-27(22)14-11-25-9-12-26(13-10-25)21-19-4-2-1-3-18(19)15-24-21/h1-8,16H,9-15H2. The molecule has 0 N–H and O–H groups in total. The maximum absolute atomic E-state index is 12.6. The van der Waals surface area contributed by atoms with E-state index in [0.717, 1.165) is 50.5 Å². The van der Waals surface area contributed by atoms with Crippen LogP contribution in [0.3, 0.4) is 0 Å². The lowest BCUT2D eigenvalue weighted by Crippen LogP contribution is -2.49. The van der Waals surface area contributed by atoms with Gasteiger partial charge in [0.1, 0.15) is 5.84 Å². The molecule has 0 aliphatic carbocycles. The lowest BCUT2D eigenvalue weighted by molar-refractivity contribution is 0.177. The smallest absolute Gasteiger partial charge is 0.260 e. The number of amidine groups is 1. The quantitative estimate of drug-likeness (QED) is 0.704. The van der Waals surface area contributed by atoms with Crippen LogP contribution >= 0.6 is 0 Å². The van der Waals surface area contributed by atoms with Gasteiger partial charge in [0, 0.05) is 63.4 Å². The van der Waals surface area contributed by atoms with Crippen molar-refractivity contribution in [2.24, 2.45) is 4.99 Å². The van der Waals surface area contributed by atoms with Crippen LogP contribution in [-0.2, 0) is 13.1 Å². The minimum absolute atomic E-state index is 0.0427. The number of fused-ring (bicyclic) bond motifs is 2. The maximum atomic E-state index is 12.6. The van der Waals surface area contributed by atoms with Gasteiger partial charge in [-0.1, -0.05) is 24.3 Å². The molecule has 0 radical (unpaired) electrons. The van der Waals surface area contributed by atoms with Crippen LogP contribution in [0.15, 0.2) is 64.8 Å². The van der Waals surface area contributed by atoms with Gasteiger partial charge in [0.15, 0.2) is 0 Å². The fourth-order valence-electron chi connectivity index (χ4n) is 4.12. The lowest BCUT2D eigenvalue weighted by Gasteiger charge is -2.36. The van der Waals surface area contributed by atoms with Crippen molar-refractivity contribution in [2.45, 2.75) is 13.1 Å². The van der Waals surface area contributed by atoms with E-state index in [1.54, 1.807) is 17.0 Å². The summed E-state index contributed by atoms with van der Waals surface area (Å²) in [4.78, 5) is 26.3. The van der Waals surface area contributed by atoms with Crippen LogP contribution in [0.1, 0.15) is 11.1 Å². The maximum Gasteiger partial charge on any atom is 0.260 e. The molecule has 3 aromatic rings. The lowest BCUT2D eigenvalue weighted by atomic mass is 10.1. The minimum Gasteiger partial charge on any atom is -0.354 e. The molecule has 2 aliphatic rings. The van der Waals surface area contributed by atoms with Crippen molar-refractivity contribution in [3.05, 3.63) is 76.5 Å². The zero-order chi connectivity index (χ0) is 18.9. The Bertz CT molecular complexity index is 1100. The van der Waals surface area contributed by atoms with E-state index < -0.39 is 0 Å². The number of hydrogen-bond donors (Lipinski definition) is 0. The van der Waals surface area contributed by atoms with Gasteiger partial charge < -0.3 is 9.47 Å². The van der Waals surface area contributed by atoms with Gasteiger partial charge in [-0.25, -0.2) is 0 Å². The van der Waals surface area contributed by atoms with E-state index in [-0.39, 0.29) is 5.56 Å². The van der Waals surface area contributed by atoms with Crippen LogP contribution < -0.4 is 5.56 Å². The van der Waals surface area contributed by atoms with Gasteiger partial charge in [0.05, 0.1) is 11.9 Å². The molecule has 142 valence electrons. The normalized spacial score (nSPS) is 17.0. The van der Waals surface area contributed by atoms with Gasteiger partial charge >= 0.3 is 0 Å². The summed E-state index contributed by atoms with van der Waals surface area (Å²) in [6, 6.07) is 12.4. The topological polar surface area (TPSA) is 53.7 Å². The zero-order valence-electron chi connectivity index (χ0n) is 15.8. The Hall–Kier alpha value is -2.99. The summed E-state index contributed by atoms with van der Waals surface area (Å²) in [5, 5.41) is 1.63. The summed E-state index contributed by atoms with van der Waals surface area (Å²) in [5.74, 6) is 1.15. The van der Waals surface area contributed by atoms with Gasteiger partial charge in [-0.3, -0.25) is 19.7 Å². The van der Waals surface area contributed by atoms with Gasteiger partial charge in [-0.15, -0.1) is 0 Å².